The molecule has 4 rings (SSSR count). The minimum atomic E-state index is -0.455. The number of hydrogen-bond acceptors (Lipinski definition) is 8. The summed E-state index contributed by atoms with van der Waals surface area (Å²) >= 11 is 6.16. The van der Waals surface area contributed by atoms with Crippen molar-refractivity contribution in [3.05, 3.63) is 51.7 Å². The van der Waals surface area contributed by atoms with Crippen LogP contribution in [0.2, 0.25) is 5.02 Å². The van der Waals surface area contributed by atoms with E-state index in [1.54, 1.807) is 13.8 Å². The van der Waals surface area contributed by atoms with Gasteiger partial charge in [-0.05, 0) is 31.5 Å². The van der Waals surface area contributed by atoms with E-state index in [1.165, 1.54) is 0 Å². The van der Waals surface area contributed by atoms with Crippen molar-refractivity contribution in [1.82, 2.24) is 9.97 Å². The number of hydrogen-bond donors (Lipinski definition) is 0. The second kappa shape index (κ2) is 9.34. The van der Waals surface area contributed by atoms with Gasteiger partial charge in [-0.1, -0.05) is 23.7 Å². The van der Waals surface area contributed by atoms with Crippen molar-refractivity contribution in [3.8, 4) is 5.88 Å². The molecule has 0 N–H and O–H groups in total. The van der Waals surface area contributed by atoms with Crippen LogP contribution in [0.3, 0.4) is 0 Å². The lowest BCUT2D eigenvalue weighted by Gasteiger charge is -2.35. The maximum Gasteiger partial charge on any atom is 0.338 e. The molecule has 2 aliphatic heterocycles. The van der Waals surface area contributed by atoms with Gasteiger partial charge in [-0.3, -0.25) is 0 Å². The first-order valence-electron chi connectivity index (χ1n) is 10.6. The minimum Gasteiger partial charge on any atom is -0.463 e. The van der Waals surface area contributed by atoms with Gasteiger partial charge in [0.05, 0.1) is 36.9 Å². The van der Waals surface area contributed by atoms with Gasteiger partial charge in [-0.15, -0.1) is 0 Å². The number of halogens is 1. The average Bonchev–Trinajstić information content (AvgIpc) is 2.78. The zero-order chi connectivity index (χ0) is 22.8. The Balaban J connectivity index is 1.96. The monoisotopic (exact) mass is 458 g/mol. The van der Waals surface area contributed by atoms with E-state index >= 15 is 0 Å². The number of nitrogens with zero attached hydrogens (tertiary/aromatic N) is 4. The largest absolute Gasteiger partial charge is 0.463 e. The molecule has 0 radical (unpaired) electrons. The molecule has 9 heteroatoms. The summed E-state index contributed by atoms with van der Waals surface area (Å²) in [5.41, 5.74) is 2.07. The van der Waals surface area contributed by atoms with Crippen LogP contribution in [0.5, 0.6) is 5.88 Å². The summed E-state index contributed by atoms with van der Waals surface area (Å²) in [6.07, 6.45) is 0. The van der Waals surface area contributed by atoms with Crippen LogP contribution in [-0.4, -0.2) is 62.9 Å². The molecule has 1 unspecified atom stereocenters. The molecule has 1 fully saturated rings. The van der Waals surface area contributed by atoms with Crippen molar-refractivity contribution in [3.63, 3.8) is 0 Å². The quantitative estimate of drug-likeness (QED) is 0.631. The van der Waals surface area contributed by atoms with Crippen LogP contribution in [0.1, 0.15) is 30.9 Å². The maximum absolute atomic E-state index is 13.1. The van der Waals surface area contributed by atoms with E-state index < -0.39 is 11.9 Å². The van der Waals surface area contributed by atoms with Gasteiger partial charge in [-0.25, -0.2) is 4.79 Å². The van der Waals surface area contributed by atoms with Gasteiger partial charge < -0.3 is 24.0 Å². The molecule has 0 saturated carbocycles. The van der Waals surface area contributed by atoms with Gasteiger partial charge in [0.15, 0.2) is 0 Å². The van der Waals surface area contributed by atoms with E-state index in [-0.39, 0.29) is 6.61 Å². The summed E-state index contributed by atoms with van der Waals surface area (Å²) in [6.45, 7) is 6.38. The molecule has 0 spiro atoms. The number of rotatable bonds is 5. The van der Waals surface area contributed by atoms with E-state index in [4.69, 9.17) is 30.8 Å². The Hall–Kier alpha value is -2.84. The third-order valence-electron chi connectivity index (χ3n) is 5.49. The van der Waals surface area contributed by atoms with Gasteiger partial charge in [0.1, 0.15) is 11.6 Å². The zero-order valence-electron chi connectivity index (χ0n) is 18.7. The molecule has 2 aromatic rings. The van der Waals surface area contributed by atoms with Gasteiger partial charge in [0.25, 0.3) is 0 Å². The number of esters is 1. The molecule has 1 aromatic carbocycles. The van der Waals surface area contributed by atoms with Gasteiger partial charge in [0, 0.05) is 32.2 Å². The zero-order valence-corrected chi connectivity index (χ0v) is 19.5. The summed E-state index contributed by atoms with van der Waals surface area (Å²) in [5.74, 6) is 1.30. The third-order valence-corrected chi connectivity index (χ3v) is 5.75. The SMILES string of the molecule is CCOC(=O)C1=C(C)Oc2nc(N(C)C)nc(N3CCOCC3)c2C1c1ccc(Cl)cc1. The van der Waals surface area contributed by atoms with Gasteiger partial charge in [0.2, 0.25) is 11.8 Å². The Morgan fingerprint density at radius 2 is 1.91 bits per heavy atom. The Kier molecular flexibility index (Phi) is 6.53. The highest BCUT2D eigenvalue weighted by Gasteiger charge is 2.39. The molecule has 2 aliphatic rings. The normalized spacial score (nSPS) is 18.2. The van der Waals surface area contributed by atoms with Crippen molar-refractivity contribution < 1.29 is 19.0 Å². The van der Waals surface area contributed by atoms with E-state index in [9.17, 15) is 4.79 Å². The molecular formula is C23H27ClN4O4. The molecule has 1 atom stereocenters. The van der Waals surface area contributed by atoms with E-state index in [0.717, 1.165) is 16.9 Å². The van der Waals surface area contributed by atoms with Crippen LogP contribution in [0.4, 0.5) is 11.8 Å². The Bertz CT molecular complexity index is 1030. The van der Waals surface area contributed by atoms with Crippen LogP contribution in [0, 0.1) is 0 Å². The molecule has 32 heavy (non-hydrogen) atoms. The number of carbonyl (C=O) groups excluding carboxylic acids is 1. The summed E-state index contributed by atoms with van der Waals surface area (Å²) in [5, 5.41) is 0.618. The maximum atomic E-state index is 13.1. The average molecular weight is 459 g/mol. The second-order valence-electron chi connectivity index (χ2n) is 7.84. The van der Waals surface area contributed by atoms with Crippen LogP contribution < -0.4 is 14.5 Å². The van der Waals surface area contributed by atoms with E-state index in [0.29, 0.717) is 54.5 Å². The molecule has 8 nitrogen and oxygen atoms in total. The Morgan fingerprint density at radius 1 is 1.22 bits per heavy atom. The fraction of sp³-hybridized carbons (Fsp3) is 0.435. The predicted molar refractivity (Wildman–Crippen MR) is 123 cm³/mol. The van der Waals surface area contributed by atoms with Crippen molar-refractivity contribution in [1.29, 1.82) is 0 Å². The topological polar surface area (TPSA) is 77.0 Å². The molecular weight excluding hydrogens is 432 g/mol. The third kappa shape index (κ3) is 4.25. The number of carbonyl (C=O) groups is 1. The molecule has 0 aliphatic carbocycles. The smallest absolute Gasteiger partial charge is 0.338 e. The van der Waals surface area contributed by atoms with Gasteiger partial charge in [-0.2, -0.15) is 9.97 Å². The first-order chi connectivity index (χ1) is 15.4. The van der Waals surface area contributed by atoms with Crippen LogP contribution in [0.15, 0.2) is 35.6 Å². The molecule has 1 aromatic heterocycles. The molecule has 0 amide bonds. The second-order valence-corrected chi connectivity index (χ2v) is 8.27. The number of ether oxygens (including phenoxy) is 3. The Morgan fingerprint density at radius 3 is 2.53 bits per heavy atom. The first-order valence-corrected chi connectivity index (χ1v) is 11.0. The lowest BCUT2D eigenvalue weighted by atomic mass is 9.83. The molecule has 3 heterocycles. The highest BCUT2D eigenvalue weighted by atomic mass is 35.5. The number of fused-ring (bicyclic) bond motifs is 1. The summed E-state index contributed by atoms with van der Waals surface area (Å²) in [6, 6.07) is 7.45. The highest BCUT2D eigenvalue weighted by molar-refractivity contribution is 6.30. The van der Waals surface area contributed by atoms with Crippen molar-refractivity contribution in [2.75, 3.05) is 56.8 Å². The number of anilines is 2. The standard InChI is InChI=1S/C23H27ClN4O4/c1-5-31-22(29)17-14(2)32-21-19(18(17)15-6-8-16(24)9-7-15)20(25-23(26-21)27(3)4)28-10-12-30-13-11-28/h6-9,18H,5,10-13H2,1-4H3. The molecule has 1 saturated heterocycles. The fourth-order valence-corrected chi connectivity index (χ4v) is 4.11. The van der Waals surface area contributed by atoms with Crippen LogP contribution in [0.25, 0.3) is 0 Å². The summed E-state index contributed by atoms with van der Waals surface area (Å²) < 4.78 is 17.1. The lowest BCUT2D eigenvalue weighted by molar-refractivity contribution is -0.139. The van der Waals surface area contributed by atoms with Crippen molar-refractivity contribution in [2.45, 2.75) is 19.8 Å². The number of morpholine rings is 1. The van der Waals surface area contributed by atoms with Crippen molar-refractivity contribution >= 4 is 29.3 Å². The summed E-state index contributed by atoms with van der Waals surface area (Å²) in [4.78, 5) is 26.6. The fourth-order valence-electron chi connectivity index (χ4n) is 3.98. The number of benzene rings is 1. The lowest BCUT2D eigenvalue weighted by Crippen LogP contribution is -2.39. The Labute approximate surface area is 192 Å². The van der Waals surface area contributed by atoms with Crippen molar-refractivity contribution in [2.24, 2.45) is 0 Å². The van der Waals surface area contributed by atoms with Crippen LogP contribution in [-0.2, 0) is 14.3 Å². The van der Waals surface area contributed by atoms with E-state index in [1.807, 2.05) is 43.3 Å². The molecule has 0 bridgehead atoms. The summed E-state index contributed by atoms with van der Waals surface area (Å²) in [7, 11) is 3.77. The predicted octanol–water partition coefficient (Wildman–Crippen LogP) is 3.39. The minimum absolute atomic E-state index is 0.266. The highest BCUT2D eigenvalue weighted by Crippen LogP contribution is 2.47. The van der Waals surface area contributed by atoms with E-state index in [2.05, 4.69) is 9.88 Å². The number of allylic oxidation sites excluding steroid dienone is 1. The molecule has 170 valence electrons. The van der Waals surface area contributed by atoms with Crippen LogP contribution >= 0.6 is 11.6 Å². The van der Waals surface area contributed by atoms with Gasteiger partial charge >= 0.3 is 5.97 Å². The first kappa shape index (κ1) is 22.4. The number of aromatic nitrogens is 2.